The van der Waals surface area contributed by atoms with E-state index in [2.05, 4.69) is 15.0 Å². The summed E-state index contributed by atoms with van der Waals surface area (Å²) < 4.78 is 2.02. The number of aliphatic hydroxyl groups excluding tert-OH is 1. The second-order valence-electron chi connectivity index (χ2n) is 4.60. The first-order valence-corrected chi connectivity index (χ1v) is 5.81. The number of anilines is 1. The van der Waals surface area contributed by atoms with Crippen molar-refractivity contribution in [3.63, 3.8) is 0 Å². The van der Waals surface area contributed by atoms with E-state index in [9.17, 15) is 0 Å². The number of fused-ring (bicyclic) bond motifs is 1. The summed E-state index contributed by atoms with van der Waals surface area (Å²) in [6.07, 6.45) is 5.31. The molecular formula is C11H15N5O. The number of rotatable bonds is 4. The molecule has 1 aliphatic carbocycles. The van der Waals surface area contributed by atoms with E-state index in [1.165, 1.54) is 12.7 Å². The van der Waals surface area contributed by atoms with Crippen LogP contribution in [0.2, 0.25) is 0 Å². The van der Waals surface area contributed by atoms with Crippen molar-refractivity contribution in [3.8, 4) is 0 Å². The lowest BCUT2D eigenvalue weighted by atomic mass is 10.2. The van der Waals surface area contributed by atoms with Gasteiger partial charge < -0.3 is 15.4 Å². The van der Waals surface area contributed by atoms with Crippen molar-refractivity contribution in [2.24, 2.45) is 11.8 Å². The van der Waals surface area contributed by atoms with Crippen LogP contribution in [0.15, 0.2) is 12.7 Å². The predicted octanol–water partition coefficient (Wildman–Crippen LogP) is 0.427. The molecule has 0 spiro atoms. The Labute approximate surface area is 98.5 Å². The highest BCUT2D eigenvalue weighted by Gasteiger charge is 2.36. The molecule has 1 aliphatic rings. The molecule has 0 aliphatic heterocycles. The SMILES string of the molecule is Nc1ncnc2c1ncn2C[C@@H]1C[C@H]1CCO. The molecule has 3 rings (SSSR count). The lowest BCUT2D eigenvalue weighted by molar-refractivity contribution is 0.276. The van der Waals surface area contributed by atoms with Gasteiger partial charge in [0, 0.05) is 13.2 Å². The first-order chi connectivity index (χ1) is 8.29. The molecule has 2 aromatic rings. The largest absolute Gasteiger partial charge is 0.396 e. The topological polar surface area (TPSA) is 89.9 Å². The molecule has 0 saturated heterocycles. The van der Waals surface area contributed by atoms with E-state index >= 15 is 0 Å². The van der Waals surface area contributed by atoms with Crippen molar-refractivity contribution < 1.29 is 5.11 Å². The van der Waals surface area contributed by atoms with E-state index in [1.807, 2.05) is 4.57 Å². The van der Waals surface area contributed by atoms with Gasteiger partial charge in [0.25, 0.3) is 0 Å². The van der Waals surface area contributed by atoms with E-state index < -0.39 is 0 Å². The summed E-state index contributed by atoms with van der Waals surface area (Å²) in [6, 6.07) is 0. The third-order valence-corrected chi connectivity index (χ3v) is 3.43. The summed E-state index contributed by atoms with van der Waals surface area (Å²) in [4.78, 5) is 12.4. The number of imidazole rings is 1. The van der Waals surface area contributed by atoms with Crippen molar-refractivity contribution in [1.29, 1.82) is 0 Å². The van der Waals surface area contributed by atoms with Gasteiger partial charge in [0.15, 0.2) is 11.5 Å². The van der Waals surface area contributed by atoms with Crippen molar-refractivity contribution >= 4 is 17.0 Å². The fourth-order valence-electron chi connectivity index (χ4n) is 2.34. The van der Waals surface area contributed by atoms with Crippen LogP contribution in [-0.2, 0) is 6.54 Å². The molecule has 3 N–H and O–H groups in total. The van der Waals surface area contributed by atoms with Crippen LogP contribution in [0.1, 0.15) is 12.8 Å². The summed E-state index contributed by atoms with van der Waals surface area (Å²) in [5, 5.41) is 8.87. The zero-order chi connectivity index (χ0) is 11.8. The molecule has 6 nitrogen and oxygen atoms in total. The summed E-state index contributed by atoms with van der Waals surface area (Å²) in [5.74, 6) is 1.71. The van der Waals surface area contributed by atoms with Gasteiger partial charge in [-0.3, -0.25) is 0 Å². The maximum atomic E-state index is 8.87. The Bertz CT molecular complexity index is 538. The molecule has 2 heterocycles. The van der Waals surface area contributed by atoms with Crippen molar-refractivity contribution in [1.82, 2.24) is 19.5 Å². The van der Waals surface area contributed by atoms with E-state index in [-0.39, 0.29) is 6.61 Å². The van der Waals surface area contributed by atoms with Gasteiger partial charge in [-0.2, -0.15) is 0 Å². The Kier molecular flexibility index (Phi) is 2.44. The summed E-state index contributed by atoms with van der Waals surface area (Å²) in [6.45, 7) is 1.18. The lowest BCUT2D eigenvalue weighted by Gasteiger charge is -2.02. The Balaban J connectivity index is 1.80. The van der Waals surface area contributed by atoms with E-state index in [0.29, 0.717) is 23.2 Å². The molecule has 2 aromatic heterocycles. The summed E-state index contributed by atoms with van der Waals surface area (Å²) in [5.41, 5.74) is 7.20. The monoisotopic (exact) mass is 233 g/mol. The molecule has 90 valence electrons. The summed E-state index contributed by atoms with van der Waals surface area (Å²) >= 11 is 0. The predicted molar refractivity (Wildman–Crippen MR) is 63.0 cm³/mol. The zero-order valence-electron chi connectivity index (χ0n) is 9.45. The van der Waals surface area contributed by atoms with Crippen LogP contribution in [0.4, 0.5) is 5.82 Å². The number of hydrogen-bond donors (Lipinski definition) is 2. The van der Waals surface area contributed by atoms with Gasteiger partial charge >= 0.3 is 0 Å². The van der Waals surface area contributed by atoms with Gasteiger partial charge in [-0.1, -0.05) is 0 Å². The Morgan fingerprint density at radius 2 is 2.24 bits per heavy atom. The second-order valence-corrected chi connectivity index (χ2v) is 4.60. The quantitative estimate of drug-likeness (QED) is 0.799. The minimum Gasteiger partial charge on any atom is -0.396 e. The Hall–Kier alpha value is -1.69. The fraction of sp³-hybridized carbons (Fsp3) is 0.545. The Morgan fingerprint density at radius 3 is 3.06 bits per heavy atom. The van der Waals surface area contributed by atoms with Crippen LogP contribution in [0.5, 0.6) is 0 Å². The number of hydrogen-bond acceptors (Lipinski definition) is 5. The van der Waals surface area contributed by atoms with Gasteiger partial charge in [-0.25, -0.2) is 15.0 Å². The van der Waals surface area contributed by atoms with Gasteiger partial charge in [-0.15, -0.1) is 0 Å². The van der Waals surface area contributed by atoms with E-state index in [4.69, 9.17) is 10.8 Å². The number of nitrogen functional groups attached to an aromatic ring is 1. The molecule has 2 atom stereocenters. The van der Waals surface area contributed by atoms with Crippen LogP contribution in [-0.4, -0.2) is 31.2 Å². The molecule has 0 radical (unpaired) electrons. The zero-order valence-corrected chi connectivity index (χ0v) is 9.45. The normalized spacial score (nSPS) is 23.1. The van der Waals surface area contributed by atoms with Crippen LogP contribution in [0, 0.1) is 11.8 Å². The fourth-order valence-corrected chi connectivity index (χ4v) is 2.34. The highest BCUT2D eigenvalue weighted by atomic mass is 16.3. The van der Waals surface area contributed by atoms with Crippen LogP contribution in [0.25, 0.3) is 11.2 Å². The molecule has 1 fully saturated rings. The van der Waals surface area contributed by atoms with E-state index in [0.717, 1.165) is 18.6 Å². The highest BCUT2D eigenvalue weighted by Crippen LogP contribution is 2.42. The molecule has 0 aromatic carbocycles. The molecular weight excluding hydrogens is 218 g/mol. The standard InChI is InChI=1S/C11H15N5O/c12-10-9-11(14-5-13-10)16(6-15-9)4-8-3-7(8)1-2-17/h5-8,17H,1-4H2,(H2,12,13,14)/t7-,8+/m1/s1. The van der Waals surface area contributed by atoms with Gasteiger partial charge in [0.1, 0.15) is 11.8 Å². The first kappa shape index (κ1) is 10.5. The van der Waals surface area contributed by atoms with Gasteiger partial charge in [0.2, 0.25) is 0 Å². The average molecular weight is 233 g/mol. The van der Waals surface area contributed by atoms with Crippen LogP contribution in [0.3, 0.4) is 0 Å². The van der Waals surface area contributed by atoms with Crippen LogP contribution < -0.4 is 5.73 Å². The third kappa shape index (κ3) is 1.84. The number of aliphatic hydroxyl groups is 1. The van der Waals surface area contributed by atoms with Crippen molar-refractivity contribution in [3.05, 3.63) is 12.7 Å². The van der Waals surface area contributed by atoms with E-state index in [1.54, 1.807) is 6.33 Å². The molecule has 1 saturated carbocycles. The van der Waals surface area contributed by atoms with Crippen molar-refractivity contribution in [2.45, 2.75) is 19.4 Å². The average Bonchev–Trinajstić information content (AvgIpc) is 2.89. The molecule has 6 heteroatoms. The van der Waals surface area contributed by atoms with Gasteiger partial charge in [-0.05, 0) is 24.7 Å². The number of nitrogens with zero attached hydrogens (tertiary/aromatic N) is 4. The van der Waals surface area contributed by atoms with Crippen LogP contribution >= 0.6 is 0 Å². The summed E-state index contributed by atoms with van der Waals surface area (Å²) in [7, 11) is 0. The second kappa shape index (κ2) is 3.96. The number of nitrogens with two attached hydrogens (primary N) is 1. The number of aromatic nitrogens is 4. The minimum absolute atomic E-state index is 0.279. The smallest absolute Gasteiger partial charge is 0.165 e. The van der Waals surface area contributed by atoms with Crippen molar-refractivity contribution in [2.75, 3.05) is 12.3 Å². The minimum atomic E-state index is 0.279. The molecule has 0 amide bonds. The maximum Gasteiger partial charge on any atom is 0.165 e. The van der Waals surface area contributed by atoms with Gasteiger partial charge in [0.05, 0.1) is 6.33 Å². The lowest BCUT2D eigenvalue weighted by Crippen LogP contribution is -2.02. The Morgan fingerprint density at radius 1 is 1.35 bits per heavy atom. The third-order valence-electron chi connectivity index (χ3n) is 3.43. The molecule has 0 unspecified atom stereocenters. The first-order valence-electron chi connectivity index (χ1n) is 5.81. The molecule has 17 heavy (non-hydrogen) atoms. The maximum absolute atomic E-state index is 8.87. The highest BCUT2D eigenvalue weighted by molar-refractivity contribution is 5.81. The molecule has 0 bridgehead atoms.